The number of aromatic nitrogens is 3. The second-order valence-electron chi connectivity index (χ2n) is 11.0. The summed E-state index contributed by atoms with van der Waals surface area (Å²) in [6.45, 7) is -3.04. The second kappa shape index (κ2) is 10.8. The van der Waals surface area contributed by atoms with Crippen molar-refractivity contribution in [3.63, 3.8) is 0 Å². The van der Waals surface area contributed by atoms with Crippen molar-refractivity contribution in [1.29, 1.82) is 0 Å². The van der Waals surface area contributed by atoms with Crippen LogP contribution in [0.2, 0.25) is 0 Å². The molecule has 1 amide bonds. The molecular formula is C29H41F2N5O. The molecule has 8 heteroatoms. The Balaban J connectivity index is 1.28. The van der Waals surface area contributed by atoms with Gasteiger partial charge in [0.25, 0.3) is 0 Å². The topological polar surface area (TPSA) is 63.1 Å². The van der Waals surface area contributed by atoms with E-state index in [0.29, 0.717) is 12.2 Å². The fraction of sp³-hybridized carbons (Fsp3) is 0.690. The number of nitrogens with zero attached hydrogens (tertiary/aromatic N) is 4. The van der Waals surface area contributed by atoms with Crippen molar-refractivity contribution in [2.45, 2.75) is 114 Å². The second-order valence-corrected chi connectivity index (χ2v) is 11.0. The predicted molar refractivity (Wildman–Crippen MR) is 139 cm³/mol. The predicted octanol–water partition coefficient (Wildman–Crippen LogP) is 5.95. The van der Waals surface area contributed by atoms with Crippen LogP contribution in [-0.4, -0.2) is 50.1 Å². The van der Waals surface area contributed by atoms with E-state index in [9.17, 15) is 13.6 Å². The van der Waals surface area contributed by atoms with Gasteiger partial charge in [-0.15, -0.1) is 10.2 Å². The normalized spacial score (nSPS) is 30.0. The third-order valence-electron chi connectivity index (χ3n) is 8.66. The molecule has 2 aliphatic heterocycles. The zero-order chi connectivity index (χ0) is 31.2. The van der Waals surface area contributed by atoms with Crippen molar-refractivity contribution >= 4 is 5.91 Å². The molecule has 1 N–H and O–H groups in total. The first-order chi connectivity index (χ1) is 20.1. The number of alkyl halides is 2. The Hall–Kier alpha value is -2.35. The summed E-state index contributed by atoms with van der Waals surface area (Å²) >= 11 is 0. The maximum absolute atomic E-state index is 13.7. The Labute approximate surface area is 227 Å². The number of hydrogen-bond acceptors (Lipinski definition) is 4. The number of piperidine rings is 1. The highest BCUT2D eigenvalue weighted by Crippen LogP contribution is 2.42. The molecule has 2 aromatic rings. The van der Waals surface area contributed by atoms with Gasteiger partial charge in [-0.3, -0.25) is 9.69 Å². The molecular weight excluding hydrogens is 472 g/mol. The van der Waals surface area contributed by atoms with Crippen LogP contribution >= 0.6 is 0 Å². The largest absolute Gasteiger partial charge is 0.349 e. The van der Waals surface area contributed by atoms with E-state index in [1.165, 1.54) is 0 Å². The number of aryl methyl sites for hydroxylation is 1. The molecule has 0 radical (unpaired) electrons. The van der Waals surface area contributed by atoms with Crippen LogP contribution in [0.3, 0.4) is 0 Å². The van der Waals surface area contributed by atoms with E-state index in [-0.39, 0.29) is 61.6 Å². The van der Waals surface area contributed by atoms with Crippen LogP contribution in [0.25, 0.3) is 0 Å². The molecule has 3 atom stereocenters. The Morgan fingerprint density at radius 1 is 1.08 bits per heavy atom. The number of nitrogens with one attached hydrogen (secondary N) is 1. The van der Waals surface area contributed by atoms with Crippen molar-refractivity contribution in [3.8, 4) is 0 Å². The molecule has 6 nitrogen and oxygen atoms in total. The van der Waals surface area contributed by atoms with Crippen molar-refractivity contribution in [3.05, 3.63) is 47.5 Å². The average Bonchev–Trinajstić information content (AvgIpc) is 3.39. The maximum Gasteiger partial charge on any atom is 0.248 e. The molecule has 3 fully saturated rings. The number of rotatable bonds is 8. The number of carbonyl (C=O) groups excluding carboxylic acids is 1. The van der Waals surface area contributed by atoms with Gasteiger partial charge in [-0.25, -0.2) is 8.78 Å². The lowest BCUT2D eigenvalue weighted by Crippen LogP contribution is -2.45. The third-order valence-corrected chi connectivity index (χ3v) is 8.66. The number of carbonyl (C=O) groups is 1. The lowest BCUT2D eigenvalue weighted by atomic mass is 9.86. The SMILES string of the molecule is [2H]C([2H])([2H])C(c1nnc(C)n1C1CC2CCC(C1)N2CCC(NC(=O)C1CCC(F)(F)CC1)c1ccccc1)C([2H])([2H])[2H]. The van der Waals surface area contributed by atoms with Crippen molar-refractivity contribution in [2.24, 2.45) is 5.92 Å². The van der Waals surface area contributed by atoms with Crippen molar-refractivity contribution < 1.29 is 21.8 Å². The van der Waals surface area contributed by atoms with Gasteiger partial charge in [-0.2, -0.15) is 0 Å². The lowest BCUT2D eigenvalue weighted by Gasteiger charge is -2.40. The molecule has 1 aromatic heterocycles. The van der Waals surface area contributed by atoms with Gasteiger partial charge >= 0.3 is 0 Å². The Bertz CT molecular complexity index is 1230. The number of hydrogen-bond donors (Lipinski definition) is 1. The molecule has 37 heavy (non-hydrogen) atoms. The smallest absolute Gasteiger partial charge is 0.248 e. The van der Waals surface area contributed by atoms with Gasteiger partial charge < -0.3 is 9.88 Å². The van der Waals surface area contributed by atoms with Crippen LogP contribution in [0.1, 0.15) is 115 Å². The molecule has 3 aliphatic rings. The monoisotopic (exact) mass is 519 g/mol. The summed E-state index contributed by atoms with van der Waals surface area (Å²) in [5, 5.41) is 11.4. The molecule has 202 valence electrons. The number of amides is 1. The first kappa shape index (κ1) is 19.7. The minimum Gasteiger partial charge on any atom is -0.349 e. The molecule has 3 unspecified atom stereocenters. The average molecular weight is 520 g/mol. The Morgan fingerprint density at radius 2 is 1.76 bits per heavy atom. The molecule has 2 saturated heterocycles. The summed E-state index contributed by atoms with van der Waals surface area (Å²) in [7, 11) is 0. The molecule has 3 heterocycles. The zero-order valence-corrected chi connectivity index (χ0v) is 21.4. The molecule has 2 bridgehead atoms. The summed E-state index contributed by atoms with van der Waals surface area (Å²) in [6, 6.07) is 9.79. The molecule has 5 rings (SSSR count). The number of halogens is 2. The van der Waals surface area contributed by atoms with E-state index in [1.54, 1.807) is 11.5 Å². The first-order valence-corrected chi connectivity index (χ1v) is 13.5. The van der Waals surface area contributed by atoms with Crippen molar-refractivity contribution in [1.82, 2.24) is 25.0 Å². The molecule has 1 saturated carbocycles. The van der Waals surface area contributed by atoms with E-state index in [1.807, 2.05) is 30.3 Å². The van der Waals surface area contributed by atoms with Gasteiger partial charge in [0.2, 0.25) is 11.8 Å². The van der Waals surface area contributed by atoms with E-state index in [2.05, 4.69) is 20.4 Å². The van der Waals surface area contributed by atoms with Crippen LogP contribution in [0, 0.1) is 12.8 Å². The minimum atomic E-state index is -2.75. The fourth-order valence-electron chi connectivity index (χ4n) is 6.73. The van der Waals surface area contributed by atoms with Crippen molar-refractivity contribution in [2.75, 3.05) is 6.54 Å². The van der Waals surface area contributed by atoms with E-state index < -0.39 is 31.5 Å². The zero-order valence-electron chi connectivity index (χ0n) is 27.4. The molecule has 0 spiro atoms. The summed E-state index contributed by atoms with van der Waals surface area (Å²) in [4.78, 5) is 15.6. The Morgan fingerprint density at radius 3 is 2.41 bits per heavy atom. The molecule has 1 aromatic carbocycles. The number of fused-ring (bicyclic) bond motifs is 2. The van der Waals surface area contributed by atoms with E-state index in [4.69, 9.17) is 8.22 Å². The summed E-state index contributed by atoms with van der Waals surface area (Å²) < 4.78 is 76.8. The first-order valence-electron chi connectivity index (χ1n) is 16.5. The standard InChI is InChI=1S/C29H41F2N5O/c1-19(2)27-34-33-20(3)36(27)25-17-23-9-10-24(18-25)35(23)16-13-26(21-7-5-4-6-8-21)32-28(37)22-11-14-29(30,31)15-12-22/h4-8,19,22-26H,9-18H2,1-3H3,(H,32,37)/i1D3,2D3. The van der Waals surface area contributed by atoms with Gasteiger partial charge in [0.1, 0.15) is 11.6 Å². The summed E-state index contributed by atoms with van der Waals surface area (Å²) in [5.41, 5.74) is 0.976. The highest BCUT2D eigenvalue weighted by atomic mass is 19.3. The third kappa shape index (κ3) is 5.74. The minimum absolute atomic E-state index is 0.00248. The molecule has 1 aliphatic carbocycles. The van der Waals surface area contributed by atoms with Gasteiger partial charge in [0.05, 0.1) is 6.04 Å². The highest BCUT2D eigenvalue weighted by Gasteiger charge is 2.42. The summed E-state index contributed by atoms with van der Waals surface area (Å²) in [5.74, 6) is -4.47. The van der Waals surface area contributed by atoms with Crippen LogP contribution in [0.15, 0.2) is 30.3 Å². The highest BCUT2D eigenvalue weighted by molar-refractivity contribution is 5.79. The van der Waals surface area contributed by atoms with E-state index >= 15 is 0 Å². The van der Waals surface area contributed by atoms with Crippen LogP contribution in [-0.2, 0) is 4.79 Å². The quantitative estimate of drug-likeness (QED) is 0.468. The van der Waals surface area contributed by atoms with Crippen LogP contribution < -0.4 is 5.32 Å². The van der Waals surface area contributed by atoms with Crippen LogP contribution in [0.5, 0.6) is 0 Å². The Kier molecular flexibility index (Phi) is 5.74. The number of benzene rings is 1. The van der Waals surface area contributed by atoms with Gasteiger partial charge in [0.15, 0.2) is 0 Å². The lowest BCUT2D eigenvalue weighted by molar-refractivity contribution is -0.130. The summed E-state index contributed by atoms with van der Waals surface area (Å²) in [6.07, 6.45) is 3.90. The maximum atomic E-state index is 13.7. The van der Waals surface area contributed by atoms with Gasteiger partial charge in [-0.05, 0) is 57.4 Å². The van der Waals surface area contributed by atoms with Crippen LogP contribution in [0.4, 0.5) is 8.78 Å². The van der Waals surface area contributed by atoms with Gasteiger partial charge in [-0.1, -0.05) is 44.0 Å². The van der Waals surface area contributed by atoms with E-state index in [0.717, 1.165) is 37.8 Å². The fourth-order valence-corrected chi connectivity index (χ4v) is 6.73. The van der Waals surface area contributed by atoms with Gasteiger partial charge in [0, 0.05) is 57.6 Å².